The Kier molecular flexibility index (Phi) is 3.65. The third kappa shape index (κ3) is 3.08. The van der Waals surface area contributed by atoms with E-state index in [9.17, 15) is 10.1 Å². The third-order valence-corrected chi connectivity index (χ3v) is 3.49. The first-order valence-corrected chi connectivity index (χ1v) is 6.78. The molecule has 0 spiro atoms. The summed E-state index contributed by atoms with van der Waals surface area (Å²) >= 11 is 0. The standard InChI is InChI=1S/C18H14NO2/c20-19(21)18-11-8-14(9-12-18)5-6-15-7-10-16-3-1-2-4-17(16)13-15/h1-5,7-13H,6H2. The molecule has 3 aromatic carbocycles. The fourth-order valence-corrected chi connectivity index (χ4v) is 2.33. The lowest BCUT2D eigenvalue weighted by atomic mass is 10.0. The minimum atomic E-state index is -0.382. The summed E-state index contributed by atoms with van der Waals surface area (Å²) in [6, 6.07) is 21.3. The zero-order valence-corrected chi connectivity index (χ0v) is 11.4. The first-order chi connectivity index (χ1) is 10.2. The highest BCUT2D eigenvalue weighted by atomic mass is 16.6. The Morgan fingerprint density at radius 1 is 0.905 bits per heavy atom. The van der Waals surface area contributed by atoms with Gasteiger partial charge in [0.05, 0.1) is 4.92 Å². The molecular formula is C18H14NO2. The number of benzene rings is 3. The first-order valence-electron chi connectivity index (χ1n) is 6.78. The summed E-state index contributed by atoms with van der Waals surface area (Å²) in [6.45, 7) is 0. The molecule has 0 heterocycles. The van der Waals surface area contributed by atoms with Crippen molar-refractivity contribution in [1.29, 1.82) is 0 Å². The lowest BCUT2D eigenvalue weighted by Crippen LogP contribution is -1.91. The molecule has 0 aliphatic carbocycles. The quantitative estimate of drug-likeness (QED) is 0.518. The van der Waals surface area contributed by atoms with Crippen LogP contribution in [0.25, 0.3) is 10.8 Å². The van der Waals surface area contributed by atoms with E-state index < -0.39 is 0 Å². The Bertz CT molecular complexity index is 779. The van der Waals surface area contributed by atoms with Gasteiger partial charge in [0.1, 0.15) is 0 Å². The van der Waals surface area contributed by atoms with Gasteiger partial charge in [0, 0.05) is 12.1 Å². The monoisotopic (exact) mass is 276 g/mol. The summed E-state index contributed by atoms with van der Waals surface area (Å²) in [7, 11) is 0. The van der Waals surface area contributed by atoms with Crippen LogP contribution in [-0.2, 0) is 6.42 Å². The van der Waals surface area contributed by atoms with Crippen molar-refractivity contribution in [1.82, 2.24) is 0 Å². The van der Waals surface area contributed by atoms with Gasteiger partial charge in [-0.25, -0.2) is 0 Å². The molecule has 3 heteroatoms. The summed E-state index contributed by atoms with van der Waals surface area (Å²) in [5, 5.41) is 13.1. The number of fused-ring (bicyclic) bond motifs is 1. The van der Waals surface area contributed by atoms with Crippen LogP contribution in [0.3, 0.4) is 0 Å². The first kappa shape index (κ1) is 13.3. The van der Waals surface area contributed by atoms with Crippen LogP contribution >= 0.6 is 0 Å². The molecule has 3 rings (SSSR count). The molecule has 0 saturated carbocycles. The van der Waals surface area contributed by atoms with Crippen molar-refractivity contribution in [2.45, 2.75) is 6.42 Å². The Balaban J connectivity index is 1.72. The molecule has 0 aromatic heterocycles. The van der Waals surface area contributed by atoms with Crippen LogP contribution in [0, 0.1) is 16.5 Å². The van der Waals surface area contributed by atoms with E-state index in [1.807, 2.05) is 12.1 Å². The molecule has 0 aliphatic heterocycles. The highest BCUT2D eigenvalue weighted by Gasteiger charge is 2.04. The molecule has 3 aromatic rings. The Labute approximate surface area is 123 Å². The zero-order valence-electron chi connectivity index (χ0n) is 11.4. The van der Waals surface area contributed by atoms with Gasteiger partial charge in [-0.1, -0.05) is 54.6 Å². The predicted molar refractivity (Wildman–Crippen MR) is 84.2 cm³/mol. The van der Waals surface area contributed by atoms with E-state index in [2.05, 4.69) is 36.8 Å². The molecule has 0 unspecified atom stereocenters. The average molecular weight is 276 g/mol. The zero-order chi connectivity index (χ0) is 14.7. The van der Waals surface area contributed by atoms with Crippen LogP contribution < -0.4 is 0 Å². The van der Waals surface area contributed by atoms with Gasteiger partial charge in [0.2, 0.25) is 0 Å². The molecule has 0 amide bonds. The van der Waals surface area contributed by atoms with Gasteiger partial charge in [-0.2, -0.15) is 0 Å². The maximum atomic E-state index is 10.6. The van der Waals surface area contributed by atoms with E-state index in [1.165, 1.54) is 28.5 Å². The summed E-state index contributed by atoms with van der Waals surface area (Å²) in [4.78, 5) is 10.2. The van der Waals surface area contributed by atoms with Crippen LogP contribution in [0.1, 0.15) is 11.1 Å². The number of rotatable bonds is 4. The van der Waals surface area contributed by atoms with E-state index in [0.717, 1.165) is 12.0 Å². The Morgan fingerprint density at radius 3 is 2.33 bits per heavy atom. The van der Waals surface area contributed by atoms with E-state index in [1.54, 1.807) is 12.1 Å². The molecule has 0 N–H and O–H groups in total. The van der Waals surface area contributed by atoms with E-state index >= 15 is 0 Å². The number of hydrogen-bond donors (Lipinski definition) is 0. The molecule has 21 heavy (non-hydrogen) atoms. The number of hydrogen-bond acceptors (Lipinski definition) is 2. The summed E-state index contributed by atoms with van der Waals surface area (Å²) < 4.78 is 0. The van der Waals surface area contributed by atoms with Crippen LogP contribution in [-0.4, -0.2) is 4.92 Å². The van der Waals surface area contributed by atoms with Crippen LogP contribution in [0.5, 0.6) is 0 Å². The lowest BCUT2D eigenvalue weighted by molar-refractivity contribution is -0.384. The molecule has 1 radical (unpaired) electrons. The fourth-order valence-electron chi connectivity index (χ4n) is 2.33. The molecule has 0 aliphatic rings. The fraction of sp³-hybridized carbons (Fsp3) is 0.0556. The van der Waals surface area contributed by atoms with Crippen molar-refractivity contribution in [2.24, 2.45) is 0 Å². The molecule has 0 saturated heterocycles. The van der Waals surface area contributed by atoms with E-state index in [4.69, 9.17) is 0 Å². The maximum absolute atomic E-state index is 10.6. The molecular weight excluding hydrogens is 262 g/mol. The highest BCUT2D eigenvalue weighted by molar-refractivity contribution is 5.83. The van der Waals surface area contributed by atoms with Gasteiger partial charge in [-0.3, -0.25) is 10.1 Å². The summed E-state index contributed by atoms with van der Waals surface area (Å²) in [5.41, 5.74) is 2.35. The summed E-state index contributed by atoms with van der Waals surface area (Å²) in [5.74, 6) is 0. The molecule has 0 atom stereocenters. The SMILES string of the molecule is O=[N+]([O-])c1ccc([CH]Cc2ccc3ccccc3c2)cc1. The average Bonchev–Trinajstić information content (AvgIpc) is 2.53. The molecule has 3 nitrogen and oxygen atoms in total. The largest absolute Gasteiger partial charge is 0.269 e. The van der Waals surface area contributed by atoms with Crippen molar-refractivity contribution in [3.63, 3.8) is 0 Å². The molecule has 0 fully saturated rings. The van der Waals surface area contributed by atoms with Gasteiger partial charge in [0.25, 0.3) is 5.69 Å². The van der Waals surface area contributed by atoms with Crippen LogP contribution in [0.2, 0.25) is 0 Å². The van der Waals surface area contributed by atoms with Gasteiger partial charge in [0.15, 0.2) is 0 Å². The van der Waals surface area contributed by atoms with Crippen LogP contribution in [0.15, 0.2) is 66.7 Å². The highest BCUT2D eigenvalue weighted by Crippen LogP contribution is 2.19. The molecule has 0 bridgehead atoms. The van der Waals surface area contributed by atoms with Crippen molar-refractivity contribution in [2.75, 3.05) is 0 Å². The minimum Gasteiger partial charge on any atom is -0.258 e. The van der Waals surface area contributed by atoms with E-state index in [-0.39, 0.29) is 10.6 Å². The van der Waals surface area contributed by atoms with Gasteiger partial charge >= 0.3 is 0 Å². The second-order valence-electron chi connectivity index (χ2n) is 4.94. The maximum Gasteiger partial charge on any atom is 0.269 e. The Morgan fingerprint density at radius 2 is 1.62 bits per heavy atom. The number of nitro benzene ring substituents is 1. The van der Waals surface area contributed by atoms with Crippen molar-refractivity contribution in [3.8, 4) is 0 Å². The van der Waals surface area contributed by atoms with Crippen molar-refractivity contribution >= 4 is 16.5 Å². The Hall–Kier alpha value is -2.68. The van der Waals surface area contributed by atoms with Gasteiger partial charge in [-0.05, 0) is 34.7 Å². The van der Waals surface area contributed by atoms with Crippen LogP contribution in [0.4, 0.5) is 5.69 Å². The topological polar surface area (TPSA) is 43.1 Å². The number of nitro groups is 1. The normalized spacial score (nSPS) is 10.7. The predicted octanol–water partition coefficient (Wildman–Crippen LogP) is 4.54. The van der Waals surface area contributed by atoms with Crippen molar-refractivity contribution < 1.29 is 4.92 Å². The summed E-state index contributed by atoms with van der Waals surface area (Å²) in [6.07, 6.45) is 2.89. The lowest BCUT2D eigenvalue weighted by Gasteiger charge is -2.04. The number of non-ortho nitro benzene ring substituents is 1. The molecule has 103 valence electrons. The second kappa shape index (κ2) is 5.75. The van der Waals surface area contributed by atoms with Gasteiger partial charge < -0.3 is 0 Å². The number of nitrogens with zero attached hydrogens (tertiary/aromatic N) is 1. The third-order valence-electron chi connectivity index (χ3n) is 3.49. The van der Waals surface area contributed by atoms with Crippen molar-refractivity contribution in [3.05, 3.63) is 94.4 Å². The minimum absolute atomic E-state index is 0.123. The van der Waals surface area contributed by atoms with E-state index in [0.29, 0.717) is 0 Å². The van der Waals surface area contributed by atoms with Gasteiger partial charge in [-0.15, -0.1) is 0 Å². The smallest absolute Gasteiger partial charge is 0.258 e. The second-order valence-corrected chi connectivity index (χ2v) is 4.94.